The number of hydrogen-bond acceptors (Lipinski definition) is 5. The van der Waals surface area contributed by atoms with Crippen LogP contribution in [0.5, 0.6) is 11.6 Å². The zero-order valence-electron chi connectivity index (χ0n) is 21.6. The minimum Gasteiger partial charge on any atom is -0.497 e. The van der Waals surface area contributed by atoms with E-state index in [-0.39, 0.29) is 12.3 Å². The topological polar surface area (TPSA) is 82.4 Å². The molecule has 194 valence electrons. The number of nitrogens with one attached hydrogen (secondary N) is 1. The van der Waals surface area contributed by atoms with Crippen molar-refractivity contribution in [2.75, 3.05) is 12.4 Å². The van der Waals surface area contributed by atoms with E-state index in [4.69, 9.17) is 14.6 Å². The quantitative estimate of drug-likeness (QED) is 0.244. The van der Waals surface area contributed by atoms with Gasteiger partial charge in [0.1, 0.15) is 11.4 Å². The van der Waals surface area contributed by atoms with Crippen molar-refractivity contribution in [3.63, 3.8) is 0 Å². The number of para-hydroxylation sites is 1. The van der Waals surface area contributed by atoms with Crippen LogP contribution >= 0.6 is 0 Å². The number of carbonyl (C=O) groups excluding carboxylic acids is 2. The van der Waals surface area contributed by atoms with Crippen LogP contribution < -0.4 is 14.8 Å². The third-order valence-corrected chi connectivity index (χ3v) is 6.09. The van der Waals surface area contributed by atoms with Crippen LogP contribution in [0, 0.1) is 0 Å². The Labute approximate surface area is 226 Å². The zero-order valence-corrected chi connectivity index (χ0v) is 21.6. The molecule has 0 spiro atoms. The van der Waals surface area contributed by atoms with E-state index in [1.807, 2.05) is 109 Å². The normalized spacial score (nSPS) is 10.6. The Kier molecular flexibility index (Phi) is 7.50. The lowest BCUT2D eigenvalue weighted by atomic mass is 10.0. The highest BCUT2D eigenvalue weighted by Crippen LogP contribution is 2.41. The first-order valence-corrected chi connectivity index (χ1v) is 12.5. The summed E-state index contributed by atoms with van der Waals surface area (Å²) >= 11 is 0. The molecule has 39 heavy (non-hydrogen) atoms. The van der Waals surface area contributed by atoms with Gasteiger partial charge in [0.2, 0.25) is 11.8 Å². The lowest BCUT2D eigenvalue weighted by Gasteiger charge is -2.11. The number of aromatic nitrogens is 2. The highest BCUT2D eigenvalue weighted by Gasteiger charge is 2.25. The molecule has 7 nitrogen and oxygen atoms in total. The number of methoxy groups -OCH3 is 1. The molecule has 4 aromatic carbocycles. The highest BCUT2D eigenvalue weighted by molar-refractivity contribution is 5.93. The smallest absolute Gasteiger partial charge is 0.309 e. The molecule has 0 aliphatic carbocycles. The molecule has 1 amide bonds. The largest absolute Gasteiger partial charge is 0.497 e. The van der Waals surface area contributed by atoms with Crippen LogP contribution in [0.3, 0.4) is 0 Å². The summed E-state index contributed by atoms with van der Waals surface area (Å²) in [4.78, 5) is 24.8. The number of anilines is 1. The van der Waals surface area contributed by atoms with Crippen LogP contribution in [0.25, 0.3) is 28.1 Å². The number of rotatable bonds is 8. The maximum Gasteiger partial charge on any atom is 0.309 e. The first-order valence-electron chi connectivity index (χ1n) is 12.5. The van der Waals surface area contributed by atoms with Gasteiger partial charge in [0.05, 0.1) is 24.8 Å². The summed E-state index contributed by atoms with van der Waals surface area (Å²) in [6.45, 7) is 1.36. The van der Waals surface area contributed by atoms with E-state index >= 15 is 0 Å². The molecule has 0 saturated carbocycles. The van der Waals surface area contributed by atoms with Gasteiger partial charge in [-0.25, -0.2) is 0 Å². The molecule has 7 heteroatoms. The van der Waals surface area contributed by atoms with E-state index in [2.05, 4.69) is 5.32 Å². The van der Waals surface area contributed by atoms with Crippen LogP contribution in [0.4, 0.5) is 5.69 Å². The first-order chi connectivity index (χ1) is 19.0. The maximum atomic E-state index is 12.6. The van der Waals surface area contributed by atoms with E-state index < -0.39 is 5.97 Å². The number of esters is 1. The molecule has 0 radical (unpaired) electrons. The number of carbonyl (C=O) groups is 2. The molecule has 0 aliphatic heterocycles. The Bertz CT molecular complexity index is 1590. The van der Waals surface area contributed by atoms with E-state index in [1.54, 1.807) is 11.8 Å². The summed E-state index contributed by atoms with van der Waals surface area (Å²) in [7, 11) is 1.61. The van der Waals surface area contributed by atoms with Crippen LogP contribution in [0.1, 0.15) is 12.5 Å². The molecule has 1 N–H and O–H groups in total. The second-order valence-corrected chi connectivity index (χ2v) is 8.89. The van der Waals surface area contributed by atoms with E-state index in [1.165, 1.54) is 6.92 Å². The second kappa shape index (κ2) is 11.5. The van der Waals surface area contributed by atoms with E-state index in [9.17, 15) is 9.59 Å². The average molecular weight is 518 g/mol. The fourth-order valence-electron chi connectivity index (χ4n) is 4.32. The number of benzene rings is 4. The molecule has 0 unspecified atom stereocenters. The summed E-state index contributed by atoms with van der Waals surface area (Å²) in [5, 5.41) is 7.83. The minimum atomic E-state index is -0.463. The second-order valence-electron chi connectivity index (χ2n) is 8.89. The molecule has 0 bridgehead atoms. The van der Waals surface area contributed by atoms with Crippen LogP contribution in [0.15, 0.2) is 109 Å². The number of amides is 1. The van der Waals surface area contributed by atoms with Gasteiger partial charge in [-0.2, -0.15) is 9.78 Å². The van der Waals surface area contributed by atoms with Crippen molar-refractivity contribution < 1.29 is 19.1 Å². The van der Waals surface area contributed by atoms with Crippen molar-refractivity contribution in [2.45, 2.75) is 13.3 Å². The van der Waals surface area contributed by atoms with Crippen molar-refractivity contribution in [1.29, 1.82) is 0 Å². The Hall–Kier alpha value is -5.17. The van der Waals surface area contributed by atoms with Gasteiger partial charge in [-0.15, -0.1) is 0 Å². The lowest BCUT2D eigenvalue weighted by Crippen LogP contribution is -2.14. The molecule has 5 rings (SSSR count). The first kappa shape index (κ1) is 25.5. The monoisotopic (exact) mass is 517 g/mol. The van der Waals surface area contributed by atoms with Crippen LogP contribution in [0.2, 0.25) is 0 Å². The summed E-state index contributed by atoms with van der Waals surface area (Å²) in [5.41, 5.74) is 5.18. The Morgan fingerprint density at radius 2 is 1.51 bits per heavy atom. The molecule has 0 saturated heterocycles. The molecule has 0 aliphatic rings. The van der Waals surface area contributed by atoms with Gasteiger partial charge in [0.25, 0.3) is 0 Å². The van der Waals surface area contributed by atoms with Gasteiger partial charge in [-0.05, 0) is 47.5 Å². The summed E-state index contributed by atoms with van der Waals surface area (Å²) in [5.74, 6) is 0.407. The standard InChI is InChI=1S/C32H27N3O4/c1-22(36)39-32-30(24-16-18-26(19-17-24)33-29(37)20-23-10-5-3-6-11-23)31(25-12-9-15-28(21-25)38-2)34-35(32)27-13-7-4-8-14-27/h3-19,21H,20H2,1-2H3,(H,33,37). The Morgan fingerprint density at radius 1 is 0.821 bits per heavy atom. The molecule has 5 aromatic rings. The van der Waals surface area contributed by atoms with Crippen molar-refractivity contribution in [2.24, 2.45) is 0 Å². The van der Waals surface area contributed by atoms with E-state index in [0.29, 0.717) is 28.6 Å². The molecular weight excluding hydrogens is 490 g/mol. The minimum absolute atomic E-state index is 0.108. The fourth-order valence-corrected chi connectivity index (χ4v) is 4.32. The van der Waals surface area contributed by atoms with E-state index in [0.717, 1.165) is 22.4 Å². The summed E-state index contributed by atoms with van der Waals surface area (Å²) < 4.78 is 12.8. The Balaban J connectivity index is 1.57. The maximum absolute atomic E-state index is 12.6. The fraction of sp³-hybridized carbons (Fsp3) is 0.0938. The molecule has 1 aromatic heterocycles. The van der Waals surface area contributed by atoms with Crippen molar-refractivity contribution in [3.05, 3.63) is 115 Å². The summed E-state index contributed by atoms with van der Waals surface area (Å²) in [6, 6.07) is 34.0. The third kappa shape index (κ3) is 5.88. The zero-order chi connectivity index (χ0) is 27.2. The molecule has 0 fully saturated rings. The van der Waals surface area contributed by atoms with Crippen molar-refractivity contribution in [1.82, 2.24) is 9.78 Å². The SMILES string of the molecule is COc1cccc(-c2nn(-c3ccccc3)c(OC(C)=O)c2-c2ccc(NC(=O)Cc3ccccc3)cc2)c1. The number of nitrogens with zero attached hydrogens (tertiary/aromatic N) is 2. The van der Waals surface area contributed by atoms with Crippen molar-refractivity contribution in [3.8, 4) is 39.7 Å². The Morgan fingerprint density at radius 3 is 2.18 bits per heavy atom. The van der Waals surface area contributed by atoms with Gasteiger partial charge in [-0.3, -0.25) is 9.59 Å². The van der Waals surface area contributed by atoms with Crippen molar-refractivity contribution >= 4 is 17.6 Å². The summed E-state index contributed by atoms with van der Waals surface area (Å²) in [6.07, 6.45) is 0.281. The van der Waals surface area contributed by atoms with Gasteiger partial charge < -0.3 is 14.8 Å². The predicted molar refractivity (Wildman–Crippen MR) is 151 cm³/mol. The molecule has 0 atom stereocenters. The number of ether oxygens (including phenoxy) is 2. The number of hydrogen-bond donors (Lipinski definition) is 1. The van der Waals surface area contributed by atoms with Gasteiger partial charge >= 0.3 is 5.97 Å². The molecule has 1 heterocycles. The highest BCUT2D eigenvalue weighted by atomic mass is 16.5. The predicted octanol–water partition coefficient (Wildman–Crippen LogP) is 6.32. The molecular formula is C32H27N3O4. The third-order valence-electron chi connectivity index (χ3n) is 6.09. The van der Waals surface area contributed by atoms with Crippen LogP contribution in [-0.4, -0.2) is 28.8 Å². The average Bonchev–Trinajstić information content (AvgIpc) is 3.33. The van der Waals surface area contributed by atoms with Gasteiger partial charge in [0, 0.05) is 18.2 Å². The lowest BCUT2D eigenvalue weighted by molar-refractivity contribution is -0.132. The van der Waals surface area contributed by atoms with Crippen LogP contribution in [-0.2, 0) is 16.0 Å². The van der Waals surface area contributed by atoms with Gasteiger partial charge in [-0.1, -0.05) is 72.8 Å². The van der Waals surface area contributed by atoms with Gasteiger partial charge in [0.15, 0.2) is 0 Å².